The van der Waals surface area contributed by atoms with Gasteiger partial charge < -0.3 is 15.0 Å². The zero-order valence-electron chi connectivity index (χ0n) is 9.40. The van der Waals surface area contributed by atoms with Gasteiger partial charge in [0.05, 0.1) is 6.61 Å². The molecule has 86 valence electrons. The van der Waals surface area contributed by atoms with Crippen LogP contribution >= 0.6 is 12.2 Å². The second-order valence-corrected chi connectivity index (χ2v) is 4.14. The molecule has 0 unspecified atom stereocenters. The van der Waals surface area contributed by atoms with Crippen molar-refractivity contribution in [2.24, 2.45) is 0 Å². The van der Waals surface area contributed by atoms with Crippen LogP contribution in [0.4, 0.5) is 5.69 Å². The predicted octanol–water partition coefficient (Wildman–Crippen LogP) is 1.57. The van der Waals surface area contributed by atoms with Crippen molar-refractivity contribution in [1.82, 2.24) is 5.32 Å². The number of benzene rings is 1. The fourth-order valence-electron chi connectivity index (χ4n) is 1.90. The molecule has 0 aliphatic carbocycles. The highest BCUT2D eigenvalue weighted by molar-refractivity contribution is 7.80. The standard InChI is InChI=1S/C12H16N2OS/c1-15-9-7-13-12(16)14-8-6-10-4-2-3-5-11(10)14/h2-5H,6-9H2,1H3,(H,13,16). The van der Waals surface area contributed by atoms with E-state index in [1.807, 2.05) is 0 Å². The third-order valence-corrected chi connectivity index (χ3v) is 3.08. The first-order valence-electron chi connectivity index (χ1n) is 5.45. The molecule has 4 heteroatoms. The Morgan fingerprint density at radius 1 is 1.50 bits per heavy atom. The number of ether oxygens (including phenoxy) is 1. The molecule has 0 atom stereocenters. The largest absolute Gasteiger partial charge is 0.383 e. The summed E-state index contributed by atoms with van der Waals surface area (Å²) >= 11 is 5.36. The second kappa shape index (κ2) is 5.27. The molecular formula is C12H16N2OS. The lowest BCUT2D eigenvalue weighted by atomic mass is 10.2. The number of nitrogens with one attached hydrogen (secondary N) is 1. The van der Waals surface area contributed by atoms with E-state index in [2.05, 4.69) is 34.5 Å². The average molecular weight is 236 g/mol. The summed E-state index contributed by atoms with van der Waals surface area (Å²) in [5.41, 5.74) is 2.61. The normalized spacial score (nSPS) is 13.7. The van der Waals surface area contributed by atoms with E-state index in [9.17, 15) is 0 Å². The van der Waals surface area contributed by atoms with Crippen molar-refractivity contribution in [3.8, 4) is 0 Å². The Kier molecular flexibility index (Phi) is 3.74. The molecule has 2 rings (SSSR count). The summed E-state index contributed by atoms with van der Waals surface area (Å²) in [5, 5.41) is 3.99. The summed E-state index contributed by atoms with van der Waals surface area (Å²) in [6.45, 7) is 2.40. The van der Waals surface area contributed by atoms with Crippen molar-refractivity contribution in [2.45, 2.75) is 6.42 Å². The van der Waals surface area contributed by atoms with E-state index in [1.165, 1.54) is 11.3 Å². The van der Waals surface area contributed by atoms with Crippen molar-refractivity contribution in [3.63, 3.8) is 0 Å². The summed E-state index contributed by atoms with van der Waals surface area (Å²) < 4.78 is 4.98. The summed E-state index contributed by atoms with van der Waals surface area (Å²) in [6, 6.07) is 8.40. The van der Waals surface area contributed by atoms with Gasteiger partial charge in [-0.05, 0) is 30.3 Å². The van der Waals surface area contributed by atoms with Crippen LogP contribution in [0.1, 0.15) is 5.56 Å². The van der Waals surface area contributed by atoms with Crippen LogP contribution in [0, 0.1) is 0 Å². The summed E-state index contributed by atoms with van der Waals surface area (Å²) in [6.07, 6.45) is 1.07. The Balaban J connectivity index is 1.99. The molecule has 0 saturated heterocycles. The lowest BCUT2D eigenvalue weighted by molar-refractivity contribution is 0.204. The Morgan fingerprint density at radius 3 is 3.12 bits per heavy atom. The van der Waals surface area contributed by atoms with E-state index in [4.69, 9.17) is 17.0 Å². The minimum absolute atomic E-state index is 0.676. The molecule has 0 bridgehead atoms. The van der Waals surface area contributed by atoms with Crippen LogP contribution < -0.4 is 10.2 Å². The Labute approximate surface area is 101 Å². The van der Waals surface area contributed by atoms with E-state index in [1.54, 1.807) is 7.11 Å². The van der Waals surface area contributed by atoms with E-state index in [0.29, 0.717) is 6.61 Å². The van der Waals surface area contributed by atoms with Gasteiger partial charge in [0.1, 0.15) is 0 Å². The summed E-state index contributed by atoms with van der Waals surface area (Å²) in [5.74, 6) is 0. The summed E-state index contributed by atoms with van der Waals surface area (Å²) in [7, 11) is 1.69. The quantitative estimate of drug-likeness (QED) is 0.636. The molecule has 16 heavy (non-hydrogen) atoms. The van der Waals surface area contributed by atoms with Gasteiger partial charge in [-0.1, -0.05) is 18.2 Å². The predicted molar refractivity (Wildman–Crippen MR) is 70.0 cm³/mol. The highest BCUT2D eigenvalue weighted by atomic mass is 32.1. The van der Waals surface area contributed by atoms with Gasteiger partial charge in [0.2, 0.25) is 0 Å². The van der Waals surface area contributed by atoms with E-state index < -0.39 is 0 Å². The molecule has 0 aromatic heterocycles. The monoisotopic (exact) mass is 236 g/mol. The van der Waals surface area contributed by atoms with Crippen LogP contribution in [-0.4, -0.2) is 31.9 Å². The van der Waals surface area contributed by atoms with Crippen molar-refractivity contribution >= 4 is 23.0 Å². The molecular weight excluding hydrogens is 220 g/mol. The van der Waals surface area contributed by atoms with Gasteiger partial charge in [-0.25, -0.2) is 0 Å². The SMILES string of the molecule is COCCNC(=S)N1CCc2ccccc21. The van der Waals surface area contributed by atoms with Crippen LogP contribution in [0.2, 0.25) is 0 Å². The van der Waals surface area contributed by atoms with Crippen LogP contribution in [0.5, 0.6) is 0 Å². The number of para-hydroxylation sites is 1. The maximum absolute atomic E-state index is 5.36. The number of rotatable bonds is 3. The van der Waals surface area contributed by atoms with Gasteiger partial charge in [-0.15, -0.1) is 0 Å². The molecule has 1 heterocycles. The van der Waals surface area contributed by atoms with Gasteiger partial charge >= 0.3 is 0 Å². The number of methoxy groups -OCH3 is 1. The maximum Gasteiger partial charge on any atom is 0.173 e. The van der Waals surface area contributed by atoms with Crippen LogP contribution in [0.25, 0.3) is 0 Å². The Hall–Kier alpha value is -1.13. The first-order chi connectivity index (χ1) is 7.83. The van der Waals surface area contributed by atoms with Gasteiger partial charge in [-0.2, -0.15) is 0 Å². The van der Waals surface area contributed by atoms with Gasteiger partial charge in [-0.3, -0.25) is 0 Å². The number of nitrogens with zero attached hydrogens (tertiary/aromatic N) is 1. The first kappa shape index (κ1) is 11.4. The van der Waals surface area contributed by atoms with Gasteiger partial charge in [0.25, 0.3) is 0 Å². The number of hydrogen-bond acceptors (Lipinski definition) is 2. The van der Waals surface area contributed by atoms with Crippen molar-refractivity contribution in [2.75, 3.05) is 31.7 Å². The Morgan fingerprint density at radius 2 is 2.31 bits per heavy atom. The number of anilines is 1. The minimum atomic E-state index is 0.676. The lowest BCUT2D eigenvalue weighted by Crippen LogP contribution is -2.40. The van der Waals surface area contributed by atoms with Crippen molar-refractivity contribution in [3.05, 3.63) is 29.8 Å². The molecule has 3 nitrogen and oxygen atoms in total. The third kappa shape index (κ3) is 2.33. The van der Waals surface area contributed by atoms with Crippen LogP contribution in [0.3, 0.4) is 0 Å². The summed E-state index contributed by atoms with van der Waals surface area (Å²) in [4.78, 5) is 2.15. The fraction of sp³-hybridized carbons (Fsp3) is 0.417. The number of thiocarbonyl (C=S) groups is 1. The lowest BCUT2D eigenvalue weighted by Gasteiger charge is -2.21. The number of hydrogen-bond donors (Lipinski definition) is 1. The average Bonchev–Trinajstić information content (AvgIpc) is 2.73. The molecule has 1 aromatic carbocycles. The molecule has 1 aliphatic rings. The van der Waals surface area contributed by atoms with Crippen LogP contribution in [0.15, 0.2) is 24.3 Å². The van der Waals surface area contributed by atoms with Crippen molar-refractivity contribution < 1.29 is 4.74 Å². The molecule has 0 amide bonds. The zero-order chi connectivity index (χ0) is 11.4. The molecule has 0 spiro atoms. The Bertz CT molecular complexity index is 381. The minimum Gasteiger partial charge on any atom is -0.383 e. The fourth-order valence-corrected chi connectivity index (χ4v) is 2.20. The first-order valence-corrected chi connectivity index (χ1v) is 5.86. The van der Waals surface area contributed by atoms with Gasteiger partial charge in [0.15, 0.2) is 5.11 Å². The van der Waals surface area contributed by atoms with Crippen molar-refractivity contribution in [1.29, 1.82) is 0 Å². The molecule has 1 N–H and O–H groups in total. The molecule has 0 radical (unpaired) electrons. The number of fused-ring (bicyclic) bond motifs is 1. The zero-order valence-corrected chi connectivity index (χ0v) is 10.2. The molecule has 0 saturated carbocycles. The second-order valence-electron chi connectivity index (χ2n) is 3.76. The van der Waals surface area contributed by atoms with E-state index in [0.717, 1.165) is 24.6 Å². The van der Waals surface area contributed by atoms with E-state index in [-0.39, 0.29) is 0 Å². The highest BCUT2D eigenvalue weighted by Crippen LogP contribution is 2.27. The van der Waals surface area contributed by atoms with E-state index >= 15 is 0 Å². The molecule has 1 aliphatic heterocycles. The third-order valence-electron chi connectivity index (χ3n) is 2.71. The van der Waals surface area contributed by atoms with Crippen LogP contribution in [-0.2, 0) is 11.2 Å². The van der Waals surface area contributed by atoms with Gasteiger partial charge in [0, 0.05) is 25.9 Å². The molecule has 1 aromatic rings. The maximum atomic E-state index is 5.36. The topological polar surface area (TPSA) is 24.5 Å². The highest BCUT2D eigenvalue weighted by Gasteiger charge is 2.20. The molecule has 0 fully saturated rings. The smallest absolute Gasteiger partial charge is 0.173 e.